The lowest BCUT2D eigenvalue weighted by atomic mass is 10.0. The molecule has 8 heteroatoms. The fourth-order valence-electron chi connectivity index (χ4n) is 9.67. The Balaban J connectivity index is 1.10. The van der Waals surface area contributed by atoms with E-state index in [0.717, 1.165) is 80.2 Å². The molecule has 9 rings (SSSR count). The summed E-state index contributed by atoms with van der Waals surface area (Å²) in [5.41, 5.74) is 2.72. The second-order valence-electron chi connectivity index (χ2n) is 17.9. The first kappa shape index (κ1) is 45.9. The Kier molecular flexibility index (Phi) is 15.2. The van der Waals surface area contributed by atoms with Gasteiger partial charge >= 0.3 is 0 Å². The van der Waals surface area contributed by atoms with E-state index in [2.05, 4.69) is 88.4 Å². The molecule has 0 unspecified atom stereocenters. The first-order valence-electron chi connectivity index (χ1n) is 24.4. The monoisotopic (exact) mass is 958 g/mol. The van der Waals surface area contributed by atoms with Gasteiger partial charge in [-0.1, -0.05) is 105 Å². The Morgan fingerprint density at radius 2 is 0.688 bits per heavy atom. The molecule has 2 nitrogen and oxygen atoms in total. The van der Waals surface area contributed by atoms with E-state index in [0.29, 0.717) is 0 Å². The summed E-state index contributed by atoms with van der Waals surface area (Å²) in [4.78, 5) is 43.0. The third kappa shape index (κ3) is 9.35. The summed E-state index contributed by atoms with van der Waals surface area (Å²) >= 11 is 11.2. The predicted molar refractivity (Wildman–Crippen MR) is 292 cm³/mol. The van der Waals surface area contributed by atoms with Crippen LogP contribution in [0.1, 0.15) is 151 Å². The molecule has 334 valence electrons. The molecule has 0 bridgehead atoms. The van der Waals surface area contributed by atoms with Gasteiger partial charge in [0.1, 0.15) is 0 Å². The van der Waals surface area contributed by atoms with Crippen LogP contribution in [0.2, 0.25) is 0 Å². The van der Waals surface area contributed by atoms with Crippen molar-refractivity contribution in [2.75, 3.05) is 0 Å². The third-order valence-electron chi connectivity index (χ3n) is 13.2. The van der Waals surface area contributed by atoms with Gasteiger partial charge in [-0.2, -0.15) is 0 Å². The van der Waals surface area contributed by atoms with Gasteiger partial charge in [0.2, 0.25) is 0 Å². The van der Waals surface area contributed by atoms with E-state index >= 15 is 0 Å². The van der Waals surface area contributed by atoms with Crippen LogP contribution in [0.3, 0.4) is 0 Å². The second kappa shape index (κ2) is 21.2. The number of rotatable bonds is 24. The minimum Gasteiger partial charge on any atom is -0.289 e. The lowest BCUT2D eigenvalue weighted by molar-refractivity contribution is 0.669. The van der Waals surface area contributed by atoms with Crippen LogP contribution >= 0.6 is 68.0 Å². The van der Waals surface area contributed by atoms with Gasteiger partial charge in [-0.15, -0.1) is 68.0 Å². The normalized spacial score (nSPS) is 12.2. The number of unbranched alkanes of at least 4 members (excludes halogenated alkanes) is 12. The molecule has 0 N–H and O–H groups in total. The molecule has 9 aromatic rings. The number of benzene rings is 1. The molecular weight excluding hydrogens is 897 g/mol. The largest absolute Gasteiger partial charge is 0.289 e. The standard InChI is InChI=1S/C56H62O2S6/c1-5-9-13-17-21-35-25-27-43(59-35)45-29-31-47(61-45)53-37(23-19-15-11-7-3)49-51(57)39-34-42-40(33-41(39)55(49)63-53)52(58)50-38(24-20-16-12-8-4)54(64-56(42)50)48-32-30-46(62-48)44-28-26-36(60-44)22-18-14-10-6-2/h25-34H,5-24H2,1-4H3. The maximum Gasteiger partial charge on any atom is 0.195 e. The lowest BCUT2D eigenvalue weighted by Crippen LogP contribution is -1.99. The minimum atomic E-state index is 0.143. The van der Waals surface area contributed by atoms with E-state index in [1.807, 2.05) is 45.3 Å². The molecule has 0 aliphatic carbocycles. The van der Waals surface area contributed by atoms with Crippen molar-refractivity contribution in [2.24, 2.45) is 0 Å². The summed E-state index contributed by atoms with van der Waals surface area (Å²) in [6, 6.07) is 22.6. The van der Waals surface area contributed by atoms with Gasteiger partial charge in [0, 0.05) is 90.5 Å². The zero-order valence-electron chi connectivity index (χ0n) is 38.2. The van der Waals surface area contributed by atoms with Crippen molar-refractivity contribution in [1.82, 2.24) is 0 Å². The van der Waals surface area contributed by atoms with E-state index in [-0.39, 0.29) is 10.9 Å². The summed E-state index contributed by atoms with van der Waals surface area (Å²) < 4.78 is 2.13. The average molecular weight is 960 g/mol. The van der Waals surface area contributed by atoms with Crippen molar-refractivity contribution in [3.05, 3.63) is 102 Å². The molecule has 0 aliphatic heterocycles. The van der Waals surface area contributed by atoms with Crippen molar-refractivity contribution >= 4 is 110 Å². The molecule has 0 saturated carbocycles. The highest BCUT2D eigenvalue weighted by Crippen LogP contribution is 2.50. The number of aryl methyl sites for hydroxylation is 4. The molecule has 0 amide bonds. The predicted octanol–water partition coefficient (Wildman–Crippen LogP) is 19.4. The minimum absolute atomic E-state index is 0.143. The molecule has 0 atom stereocenters. The van der Waals surface area contributed by atoms with Crippen molar-refractivity contribution in [3.8, 4) is 39.0 Å². The summed E-state index contributed by atoms with van der Waals surface area (Å²) in [6.07, 6.45) is 23.7. The van der Waals surface area contributed by atoms with Gasteiger partial charge in [0.05, 0.1) is 0 Å². The Hall–Kier alpha value is -3.24. The molecule has 0 fully saturated rings. The van der Waals surface area contributed by atoms with Crippen molar-refractivity contribution in [1.29, 1.82) is 0 Å². The van der Waals surface area contributed by atoms with Crippen LogP contribution in [-0.4, -0.2) is 0 Å². The molecule has 3 aromatic carbocycles. The zero-order chi connectivity index (χ0) is 44.2. The number of fused-ring (bicyclic) bond motifs is 6. The summed E-state index contributed by atoms with van der Waals surface area (Å²) in [7, 11) is 0. The van der Waals surface area contributed by atoms with Crippen LogP contribution in [0.5, 0.6) is 0 Å². The average Bonchev–Trinajstić information content (AvgIpc) is 4.17. The highest BCUT2D eigenvalue weighted by atomic mass is 32.1. The first-order chi connectivity index (χ1) is 31.4. The molecule has 6 aromatic heterocycles. The van der Waals surface area contributed by atoms with Gasteiger partial charge in [0.15, 0.2) is 10.9 Å². The second-order valence-corrected chi connectivity index (χ2v) is 24.5. The van der Waals surface area contributed by atoms with Crippen molar-refractivity contribution in [3.63, 3.8) is 0 Å². The number of hydrogen-bond acceptors (Lipinski definition) is 8. The van der Waals surface area contributed by atoms with Crippen LogP contribution in [0.4, 0.5) is 0 Å². The molecule has 6 heterocycles. The van der Waals surface area contributed by atoms with E-state index in [9.17, 15) is 9.59 Å². The van der Waals surface area contributed by atoms with Crippen LogP contribution in [-0.2, 0) is 25.7 Å². The maximum absolute atomic E-state index is 14.8. The smallest absolute Gasteiger partial charge is 0.195 e. The molecule has 0 saturated heterocycles. The maximum atomic E-state index is 14.8. The quantitative estimate of drug-likeness (QED) is 0.0566. The first-order valence-corrected chi connectivity index (χ1v) is 29.3. The van der Waals surface area contributed by atoms with Gasteiger partial charge in [-0.25, -0.2) is 0 Å². The van der Waals surface area contributed by atoms with Crippen molar-refractivity contribution in [2.45, 2.75) is 156 Å². The van der Waals surface area contributed by atoms with Crippen molar-refractivity contribution < 1.29 is 0 Å². The van der Waals surface area contributed by atoms with Gasteiger partial charge in [0.25, 0.3) is 0 Å². The van der Waals surface area contributed by atoms with Gasteiger partial charge in [-0.05, 0) is 123 Å². The summed E-state index contributed by atoms with van der Waals surface area (Å²) in [5, 5.41) is 5.28. The van der Waals surface area contributed by atoms with E-state index < -0.39 is 0 Å². The fraction of sp³-hybridized carbons (Fsp3) is 0.429. The Labute approximate surface area is 403 Å². The highest BCUT2D eigenvalue weighted by Gasteiger charge is 2.27. The van der Waals surface area contributed by atoms with E-state index in [4.69, 9.17) is 0 Å². The van der Waals surface area contributed by atoms with Crippen LogP contribution in [0, 0.1) is 0 Å². The van der Waals surface area contributed by atoms with Crippen LogP contribution in [0.15, 0.2) is 70.3 Å². The lowest BCUT2D eigenvalue weighted by Gasteiger charge is -2.03. The van der Waals surface area contributed by atoms with Crippen LogP contribution in [0.25, 0.3) is 80.7 Å². The fourth-order valence-corrected chi connectivity index (χ4v) is 17.0. The summed E-state index contributed by atoms with van der Waals surface area (Å²) in [6.45, 7) is 9.06. The molecule has 0 radical (unpaired) electrons. The molecule has 0 spiro atoms. The molecule has 64 heavy (non-hydrogen) atoms. The Bertz CT molecular complexity index is 2860. The third-order valence-corrected chi connectivity index (χ3v) is 20.9. The summed E-state index contributed by atoms with van der Waals surface area (Å²) in [5.74, 6) is 0. The van der Waals surface area contributed by atoms with Gasteiger partial charge < -0.3 is 0 Å². The Morgan fingerprint density at radius 1 is 0.344 bits per heavy atom. The highest BCUT2D eigenvalue weighted by molar-refractivity contribution is 7.30. The van der Waals surface area contributed by atoms with Crippen LogP contribution < -0.4 is 10.9 Å². The topological polar surface area (TPSA) is 34.1 Å². The van der Waals surface area contributed by atoms with E-state index in [1.165, 1.54) is 150 Å². The van der Waals surface area contributed by atoms with E-state index in [1.54, 1.807) is 22.7 Å². The molecule has 0 aliphatic rings. The molecular formula is C56H62O2S6. The Morgan fingerprint density at radius 3 is 1.08 bits per heavy atom. The number of hydrogen-bond donors (Lipinski definition) is 0. The zero-order valence-corrected chi connectivity index (χ0v) is 43.1. The van der Waals surface area contributed by atoms with Gasteiger partial charge in [-0.3, -0.25) is 9.59 Å². The SMILES string of the molecule is CCCCCCc1ccc(-c2ccc(-c3sc4c(c3CCCCCC)c(=O)c3cc5c(cc34)c(=O)c3c(CCCCCC)c(-c4ccc(-c6ccc(CCCCCC)s6)s4)sc35)s2)s1. The number of thiophene rings is 6.